The molecule has 2 rings (SSSR count). The Labute approximate surface area is 108 Å². The van der Waals surface area contributed by atoms with Gasteiger partial charge in [0.15, 0.2) is 0 Å². The lowest BCUT2D eigenvalue weighted by Gasteiger charge is -2.02. The van der Waals surface area contributed by atoms with E-state index in [1.807, 2.05) is 18.4 Å². The van der Waals surface area contributed by atoms with Crippen molar-refractivity contribution < 1.29 is 9.53 Å². The van der Waals surface area contributed by atoms with Gasteiger partial charge in [-0.3, -0.25) is 10.1 Å². The van der Waals surface area contributed by atoms with E-state index in [4.69, 9.17) is 4.74 Å². The average Bonchev–Trinajstić information content (AvgIpc) is 2.86. The summed E-state index contributed by atoms with van der Waals surface area (Å²) in [5.74, 6) is 0.00671. The van der Waals surface area contributed by atoms with E-state index in [9.17, 15) is 4.79 Å². The van der Waals surface area contributed by atoms with E-state index in [0.29, 0.717) is 5.56 Å². The highest BCUT2D eigenvalue weighted by Gasteiger charge is 2.09. The molecule has 0 aliphatic carbocycles. The molecule has 6 nitrogen and oxygen atoms in total. The van der Waals surface area contributed by atoms with Crippen LogP contribution in [0, 0.1) is 0 Å². The van der Waals surface area contributed by atoms with Crippen molar-refractivity contribution >= 4 is 23.6 Å². The molecule has 0 radical (unpaired) electrons. The van der Waals surface area contributed by atoms with E-state index in [-0.39, 0.29) is 17.9 Å². The highest BCUT2D eigenvalue weighted by atomic mass is 32.2. The molecule has 94 valence electrons. The molecule has 0 aliphatic rings. The number of aromatic nitrogens is 3. The molecule has 1 aromatic carbocycles. The molecule has 1 amide bonds. The molecule has 0 fully saturated rings. The molecule has 7 heteroatoms. The zero-order chi connectivity index (χ0) is 13.0. The minimum Gasteiger partial charge on any atom is -0.466 e. The SMILES string of the molecule is COc1n[nH]c(NC(=O)c2ccc(SC)cc2)n1. The van der Waals surface area contributed by atoms with E-state index in [2.05, 4.69) is 20.5 Å². The number of carbonyl (C=O) groups excluding carboxylic acids is 1. The number of aromatic amines is 1. The van der Waals surface area contributed by atoms with Gasteiger partial charge in [-0.1, -0.05) is 0 Å². The average molecular weight is 264 g/mol. The molecule has 18 heavy (non-hydrogen) atoms. The maximum atomic E-state index is 11.9. The fraction of sp³-hybridized carbons (Fsp3) is 0.182. The number of hydrogen-bond acceptors (Lipinski definition) is 5. The summed E-state index contributed by atoms with van der Waals surface area (Å²) in [6.45, 7) is 0. The Morgan fingerprint density at radius 3 is 2.67 bits per heavy atom. The summed E-state index contributed by atoms with van der Waals surface area (Å²) in [6, 6.07) is 7.48. The van der Waals surface area contributed by atoms with Crippen LogP contribution in [0.4, 0.5) is 5.95 Å². The van der Waals surface area contributed by atoms with Crippen LogP contribution in [0.25, 0.3) is 0 Å². The Bertz CT molecular complexity index is 538. The third-order valence-corrected chi connectivity index (χ3v) is 2.98. The van der Waals surface area contributed by atoms with Crippen molar-refractivity contribution in [3.63, 3.8) is 0 Å². The second kappa shape index (κ2) is 5.54. The number of methoxy groups -OCH3 is 1. The molecule has 1 heterocycles. The number of benzene rings is 1. The molecule has 2 N–H and O–H groups in total. The van der Waals surface area contributed by atoms with Crippen LogP contribution in [0.1, 0.15) is 10.4 Å². The first-order valence-electron chi connectivity index (χ1n) is 5.14. The number of thioether (sulfide) groups is 1. The van der Waals surface area contributed by atoms with Crippen LogP contribution in [-0.2, 0) is 0 Å². The van der Waals surface area contributed by atoms with Gasteiger partial charge in [0.25, 0.3) is 5.91 Å². The first-order valence-corrected chi connectivity index (χ1v) is 6.37. The number of anilines is 1. The predicted octanol–water partition coefficient (Wildman–Crippen LogP) is 1.79. The van der Waals surface area contributed by atoms with Gasteiger partial charge in [-0.15, -0.1) is 16.9 Å². The normalized spacial score (nSPS) is 10.1. The van der Waals surface area contributed by atoms with Gasteiger partial charge >= 0.3 is 6.01 Å². The topological polar surface area (TPSA) is 79.9 Å². The molecule has 0 aliphatic heterocycles. The van der Waals surface area contributed by atoms with Gasteiger partial charge in [-0.05, 0) is 30.5 Å². The minimum absolute atomic E-state index is 0.183. The smallest absolute Gasteiger partial charge is 0.336 e. The highest BCUT2D eigenvalue weighted by Crippen LogP contribution is 2.15. The molecule has 1 aromatic heterocycles. The largest absolute Gasteiger partial charge is 0.466 e. The number of hydrogen-bond donors (Lipinski definition) is 2. The molecule has 0 bridgehead atoms. The maximum absolute atomic E-state index is 11.9. The maximum Gasteiger partial charge on any atom is 0.336 e. The number of nitrogens with one attached hydrogen (secondary N) is 2. The second-order valence-corrected chi connectivity index (χ2v) is 4.23. The third kappa shape index (κ3) is 2.80. The van der Waals surface area contributed by atoms with Crippen LogP contribution < -0.4 is 10.1 Å². The number of H-pyrrole nitrogens is 1. The number of rotatable bonds is 4. The molecule has 0 saturated heterocycles. The molecule has 0 atom stereocenters. The fourth-order valence-corrected chi connectivity index (χ4v) is 1.72. The summed E-state index contributed by atoms with van der Waals surface area (Å²) in [7, 11) is 1.45. The fourth-order valence-electron chi connectivity index (χ4n) is 1.32. The Hall–Kier alpha value is -2.02. The molecule has 0 spiro atoms. The molecular formula is C11H12N4O2S. The zero-order valence-electron chi connectivity index (χ0n) is 9.93. The monoisotopic (exact) mass is 264 g/mol. The summed E-state index contributed by atoms with van der Waals surface area (Å²) in [4.78, 5) is 16.9. The predicted molar refractivity (Wildman–Crippen MR) is 69.1 cm³/mol. The van der Waals surface area contributed by atoms with Crippen molar-refractivity contribution in [2.75, 3.05) is 18.7 Å². The lowest BCUT2D eigenvalue weighted by molar-refractivity contribution is 0.102. The second-order valence-electron chi connectivity index (χ2n) is 3.35. The van der Waals surface area contributed by atoms with Crippen molar-refractivity contribution in [2.45, 2.75) is 4.90 Å². The summed E-state index contributed by atoms with van der Waals surface area (Å²) in [6.07, 6.45) is 1.98. The van der Waals surface area contributed by atoms with Crippen LogP contribution in [-0.4, -0.2) is 34.5 Å². The van der Waals surface area contributed by atoms with E-state index < -0.39 is 0 Å². The van der Waals surface area contributed by atoms with Gasteiger partial charge in [-0.25, -0.2) is 5.10 Å². The first kappa shape index (κ1) is 12.4. The van der Waals surface area contributed by atoms with Crippen LogP contribution in [0.2, 0.25) is 0 Å². The molecule has 2 aromatic rings. The van der Waals surface area contributed by atoms with Crippen LogP contribution in [0.3, 0.4) is 0 Å². The van der Waals surface area contributed by atoms with Gasteiger partial charge in [0.05, 0.1) is 7.11 Å². The summed E-state index contributed by atoms with van der Waals surface area (Å²) in [5, 5.41) is 8.89. The quantitative estimate of drug-likeness (QED) is 0.823. The van der Waals surface area contributed by atoms with Gasteiger partial charge < -0.3 is 4.74 Å². The Morgan fingerprint density at radius 1 is 1.39 bits per heavy atom. The zero-order valence-corrected chi connectivity index (χ0v) is 10.7. The van der Waals surface area contributed by atoms with Gasteiger partial charge in [0, 0.05) is 10.5 Å². The van der Waals surface area contributed by atoms with Crippen LogP contribution in [0.15, 0.2) is 29.2 Å². The lowest BCUT2D eigenvalue weighted by Crippen LogP contribution is -2.12. The number of nitrogens with zero attached hydrogens (tertiary/aromatic N) is 2. The van der Waals surface area contributed by atoms with Gasteiger partial charge in [0.2, 0.25) is 5.95 Å². The lowest BCUT2D eigenvalue weighted by atomic mass is 10.2. The molecule has 0 saturated carbocycles. The van der Waals surface area contributed by atoms with E-state index in [0.717, 1.165) is 4.90 Å². The van der Waals surface area contributed by atoms with Crippen LogP contribution >= 0.6 is 11.8 Å². The molecule has 0 unspecified atom stereocenters. The Kier molecular flexibility index (Phi) is 3.83. The van der Waals surface area contributed by atoms with Crippen molar-refractivity contribution in [3.05, 3.63) is 29.8 Å². The van der Waals surface area contributed by atoms with E-state index in [1.54, 1.807) is 23.9 Å². The molecular weight excluding hydrogens is 252 g/mol. The standard InChI is InChI=1S/C11H12N4O2S/c1-17-11-13-10(14-15-11)12-9(16)7-3-5-8(18-2)6-4-7/h3-6H,1-2H3,(H2,12,13,14,15,16). The van der Waals surface area contributed by atoms with Crippen molar-refractivity contribution in [1.29, 1.82) is 0 Å². The van der Waals surface area contributed by atoms with E-state index >= 15 is 0 Å². The summed E-state index contributed by atoms with van der Waals surface area (Å²) >= 11 is 1.62. The summed E-state index contributed by atoms with van der Waals surface area (Å²) < 4.78 is 4.80. The first-order chi connectivity index (χ1) is 8.72. The van der Waals surface area contributed by atoms with Gasteiger partial charge in [-0.2, -0.15) is 4.98 Å². The highest BCUT2D eigenvalue weighted by molar-refractivity contribution is 7.98. The minimum atomic E-state index is -0.249. The third-order valence-electron chi connectivity index (χ3n) is 2.23. The number of carbonyl (C=O) groups is 1. The van der Waals surface area contributed by atoms with Crippen molar-refractivity contribution in [1.82, 2.24) is 15.2 Å². The van der Waals surface area contributed by atoms with Crippen molar-refractivity contribution in [2.24, 2.45) is 0 Å². The number of amides is 1. The van der Waals surface area contributed by atoms with Gasteiger partial charge in [0.1, 0.15) is 0 Å². The van der Waals surface area contributed by atoms with E-state index in [1.165, 1.54) is 7.11 Å². The van der Waals surface area contributed by atoms with Crippen molar-refractivity contribution in [3.8, 4) is 6.01 Å². The van der Waals surface area contributed by atoms with Crippen LogP contribution in [0.5, 0.6) is 6.01 Å². The number of ether oxygens (including phenoxy) is 1. The summed E-state index contributed by atoms with van der Waals surface area (Å²) in [5.41, 5.74) is 0.558. The Balaban J connectivity index is 2.06. The Morgan fingerprint density at radius 2 is 2.11 bits per heavy atom.